The molecule has 25 heavy (non-hydrogen) atoms. The molecule has 0 aromatic carbocycles. The van der Waals surface area contributed by atoms with E-state index in [0.29, 0.717) is 28.7 Å². The van der Waals surface area contributed by atoms with E-state index < -0.39 is 0 Å². The van der Waals surface area contributed by atoms with Crippen molar-refractivity contribution in [2.75, 3.05) is 12.9 Å². The molecule has 0 atom stereocenters. The molecule has 1 fully saturated rings. The van der Waals surface area contributed by atoms with Crippen molar-refractivity contribution in [2.45, 2.75) is 43.3 Å². The van der Waals surface area contributed by atoms with Gasteiger partial charge in [-0.3, -0.25) is 9.48 Å². The van der Waals surface area contributed by atoms with E-state index in [0.717, 1.165) is 18.4 Å². The molecule has 0 radical (unpaired) electrons. The van der Waals surface area contributed by atoms with Crippen molar-refractivity contribution in [2.24, 2.45) is 14.1 Å². The molecule has 2 aromatic heterocycles. The highest BCUT2D eigenvalue weighted by molar-refractivity contribution is 7.99. The molecule has 3 rings (SSSR count). The minimum absolute atomic E-state index is 0.0559. The summed E-state index contributed by atoms with van der Waals surface area (Å²) < 4.78 is 8.82. The third-order valence-electron chi connectivity index (χ3n) is 4.37. The fourth-order valence-electron chi connectivity index (χ4n) is 3.09. The van der Waals surface area contributed by atoms with Crippen LogP contribution in [0.3, 0.4) is 0 Å². The second-order valence-electron chi connectivity index (χ2n) is 6.28. The van der Waals surface area contributed by atoms with Gasteiger partial charge in [0.05, 0.1) is 12.9 Å². The minimum atomic E-state index is 0.0559. The molecule has 1 N–H and O–H groups in total. The maximum Gasteiger partial charge on any atom is 0.243 e. The second-order valence-corrected chi connectivity index (χ2v) is 7.22. The molecule has 0 saturated heterocycles. The maximum absolute atomic E-state index is 12.2. The Morgan fingerprint density at radius 2 is 2.08 bits per heavy atom. The van der Waals surface area contributed by atoms with Crippen LogP contribution in [0.2, 0.25) is 0 Å². The molecule has 8 nitrogen and oxygen atoms in total. The SMILES string of the molecule is COc1nn(C)cc1-c1nnc(SCC(=O)NC2CCCCC2)n1C. The first-order chi connectivity index (χ1) is 12.1. The summed E-state index contributed by atoms with van der Waals surface area (Å²) >= 11 is 1.39. The van der Waals surface area contributed by atoms with Gasteiger partial charge in [0.1, 0.15) is 5.56 Å². The minimum Gasteiger partial charge on any atom is -0.479 e. The Morgan fingerprint density at radius 1 is 1.32 bits per heavy atom. The van der Waals surface area contributed by atoms with Gasteiger partial charge < -0.3 is 14.6 Å². The number of ether oxygens (including phenoxy) is 1. The topological polar surface area (TPSA) is 86.9 Å². The number of aryl methyl sites for hydroxylation is 1. The lowest BCUT2D eigenvalue weighted by Gasteiger charge is -2.22. The van der Waals surface area contributed by atoms with Gasteiger partial charge in [-0.2, -0.15) is 0 Å². The molecule has 0 aliphatic heterocycles. The van der Waals surface area contributed by atoms with E-state index >= 15 is 0 Å². The van der Waals surface area contributed by atoms with Gasteiger partial charge in [-0.15, -0.1) is 15.3 Å². The molecule has 0 bridgehead atoms. The fraction of sp³-hybridized carbons (Fsp3) is 0.625. The molecule has 1 saturated carbocycles. The van der Waals surface area contributed by atoms with Crippen LogP contribution in [0.15, 0.2) is 11.4 Å². The van der Waals surface area contributed by atoms with Gasteiger partial charge >= 0.3 is 0 Å². The number of nitrogens with zero attached hydrogens (tertiary/aromatic N) is 5. The lowest BCUT2D eigenvalue weighted by molar-refractivity contribution is -0.119. The number of aromatic nitrogens is 5. The first-order valence-electron chi connectivity index (χ1n) is 8.48. The van der Waals surface area contributed by atoms with Crippen LogP contribution in [0.4, 0.5) is 0 Å². The van der Waals surface area contributed by atoms with Crippen molar-refractivity contribution in [3.8, 4) is 17.3 Å². The summed E-state index contributed by atoms with van der Waals surface area (Å²) in [7, 11) is 5.28. The Bertz CT molecular complexity index is 735. The summed E-state index contributed by atoms with van der Waals surface area (Å²) in [5.74, 6) is 1.57. The first-order valence-corrected chi connectivity index (χ1v) is 9.46. The van der Waals surface area contributed by atoms with Crippen LogP contribution in [0.1, 0.15) is 32.1 Å². The highest BCUT2D eigenvalue weighted by Crippen LogP contribution is 2.29. The van der Waals surface area contributed by atoms with Crippen molar-refractivity contribution in [1.82, 2.24) is 29.9 Å². The normalized spacial score (nSPS) is 15.3. The number of hydrogen-bond acceptors (Lipinski definition) is 6. The number of hydrogen-bond donors (Lipinski definition) is 1. The molecule has 136 valence electrons. The summed E-state index contributed by atoms with van der Waals surface area (Å²) in [6.07, 6.45) is 7.71. The molecule has 9 heteroatoms. The van der Waals surface area contributed by atoms with Crippen LogP contribution in [0.25, 0.3) is 11.4 Å². The lowest BCUT2D eigenvalue weighted by Crippen LogP contribution is -2.37. The van der Waals surface area contributed by atoms with E-state index in [4.69, 9.17) is 4.74 Å². The number of amides is 1. The summed E-state index contributed by atoms with van der Waals surface area (Å²) in [5, 5.41) is 16.5. The molecular formula is C16H24N6O2S. The van der Waals surface area contributed by atoms with Crippen LogP contribution < -0.4 is 10.1 Å². The molecule has 2 aromatic rings. The molecule has 2 heterocycles. The van der Waals surface area contributed by atoms with Gasteiger partial charge in [0.25, 0.3) is 0 Å². The van der Waals surface area contributed by atoms with Crippen LogP contribution in [-0.2, 0) is 18.9 Å². The van der Waals surface area contributed by atoms with Crippen molar-refractivity contribution < 1.29 is 9.53 Å². The van der Waals surface area contributed by atoms with Gasteiger partial charge in [0.15, 0.2) is 11.0 Å². The van der Waals surface area contributed by atoms with Gasteiger partial charge in [0.2, 0.25) is 11.8 Å². The Balaban J connectivity index is 1.62. The van der Waals surface area contributed by atoms with Crippen LogP contribution in [0, 0.1) is 0 Å². The molecular weight excluding hydrogens is 340 g/mol. The quantitative estimate of drug-likeness (QED) is 0.786. The Labute approximate surface area is 151 Å². The number of nitrogens with one attached hydrogen (secondary N) is 1. The van der Waals surface area contributed by atoms with Crippen LogP contribution in [0.5, 0.6) is 5.88 Å². The van der Waals surface area contributed by atoms with E-state index in [1.807, 2.05) is 24.9 Å². The molecule has 1 aliphatic rings. The van der Waals surface area contributed by atoms with Crippen LogP contribution in [-0.4, -0.2) is 49.4 Å². The Hall–Kier alpha value is -2.03. The van der Waals surface area contributed by atoms with Crippen LogP contribution >= 0.6 is 11.8 Å². The average molecular weight is 364 g/mol. The molecule has 0 spiro atoms. The predicted molar refractivity (Wildman–Crippen MR) is 95.5 cm³/mol. The lowest BCUT2D eigenvalue weighted by atomic mass is 9.95. The van der Waals surface area contributed by atoms with Gasteiger partial charge in [-0.05, 0) is 12.8 Å². The largest absolute Gasteiger partial charge is 0.479 e. The maximum atomic E-state index is 12.2. The second kappa shape index (κ2) is 7.90. The number of rotatable bonds is 6. The standard InChI is InChI=1S/C16H24N6O2S/c1-21-9-12(15(20-21)24-3)14-18-19-16(22(14)2)25-10-13(23)17-11-7-5-4-6-8-11/h9,11H,4-8,10H2,1-3H3,(H,17,23). The van der Waals surface area contributed by atoms with Gasteiger partial charge in [0, 0.05) is 26.3 Å². The van der Waals surface area contributed by atoms with E-state index in [9.17, 15) is 4.79 Å². The van der Waals surface area contributed by atoms with E-state index in [-0.39, 0.29) is 5.91 Å². The number of carbonyl (C=O) groups is 1. The molecule has 1 aliphatic carbocycles. The third-order valence-corrected chi connectivity index (χ3v) is 5.39. The van der Waals surface area contributed by atoms with Gasteiger partial charge in [-0.25, -0.2) is 0 Å². The first kappa shape index (κ1) is 17.8. The zero-order chi connectivity index (χ0) is 17.8. The predicted octanol–water partition coefficient (Wildman–Crippen LogP) is 1.77. The van der Waals surface area contributed by atoms with Crippen molar-refractivity contribution >= 4 is 17.7 Å². The average Bonchev–Trinajstić information content (AvgIpc) is 3.16. The zero-order valence-electron chi connectivity index (χ0n) is 14.9. The third kappa shape index (κ3) is 4.15. The molecule has 0 unspecified atom stereocenters. The number of methoxy groups -OCH3 is 1. The van der Waals surface area contributed by atoms with Crippen molar-refractivity contribution in [3.63, 3.8) is 0 Å². The summed E-state index contributed by atoms with van der Waals surface area (Å²) in [5.41, 5.74) is 0.776. The highest BCUT2D eigenvalue weighted by Gasteiger charge is 2.20. The Morgan fingerprint density at radius 3 is 2.80 bits per heavy atom. The number of carbonyl (C=O) groups excluding carboxylic acids is 1. The van der Waals surface area contributed by atoms with Crippen molar-refractivity contribution in [3.05, 3.63) is 6.20 Å². The van der Waals surface area contributed by atoms with E-state index in [1.165, 1.54) is 31.0 Å². The monoisotopic (exact) mass is 364 g/mol. The van der Waals surface area contributed by atoms with E-state index in [2.05, 4.69) is 20.6 Å². The highest BCUT2D eigenvalue weighted by atomic mass is 32.2. The summed E-state index contributed by atoms with van der Waals surface area (Å²) in [6, 6.07) is 0.330. The van der Waals surface area contributed by atoms with E-state index in [1.54, 1.807) is 11.8 Å². The number of thioether (sulfide) groups is 1. The Kier molecular flexibility index (Phi) is 5.62. The van der Waals surface area contributed by atoms with Crippen molar-refractivity contribution in [1.29, 1.82) is 0 Å². The summed E-state index contributed by atoms with van der Waals surface area (Å²) in [6.45, 7) is 0. The smallest absolute Gasteiger partial charge is 0.243 e. The van der Waals surface area contributed by atoms with Gasteiger partial charge in [-0.1, -0.05) is 31.0 Å². The molecule has 1 amide bonds. The fourth-order valence-corrected chi connectivity index (χ4v) is 3.82. The summed E-state index contributed by atoms with van der Waals surface area (Å²) in [4.78, 5) is 12.2. The zero-order valence-corrected chi connectivity index (χ0v) is 15.7.